The molecule has 0 saturated heterocycles. The summed E-state index contributed by atoms with van der Waals surface area (Å²) >= 11 is 0. The number of methoxy groups -OCH3 is 2. The first kappa shape index (κ1) is 17.3. The largest absolute Gasteiger partial charge is 0.497 e. The molecule has 0 aliphatic carbocycles. The van der Waals surface area contributed by atoms with Gasteiger partial charge < -0.3 is 25.4 Å². The van der Waals surface area contributed by atoms with Crippen molar-refractivity contribution in [3.8, 4) is 11.5 Å². The molecule has 1 rings (SSSR count). The minimum absolute atomic E-state index is 0.158. The number of hydrogen-bond acceptors (Lipinski definition) is 5. The van der Waals surface area contributed by atoms with Crippen LogP contribution in [0.2, 0.25) is 0 Å². The number of ether oxygens (including phenoxy) is 2. The quantitative estimate of drug-likeness (QED) is 0.502. The Hall–Kier alpha value is -2.77. The van der Waals surface area contributed by atoms with E-state index in [2.05, 4.69) is 16.0 Å². The second kappa shape index (κ2) is 8.50. The van der Waals surface area contributed by atoms with Crippen LogP contribution >= 0.6 is 0 Å². The number of amides is 3. The van der Waals surface area contributed by atoms with E-state index in [9.17, 15) is 14.4 Å². The van der Waals surface area contributed by atoms with Gasteiger partial charge in [-0.15, -0.1) is 0 Å². The van der Waals surface area contributed by atoms with E-state index in [1.807, 2.05) is 0 Å². The van der Waals surface area contributed by atoms with E-state index < -0.39 is 11.8 Å². The first-order valence-electron chi connectivity index (χ1n) is 6.53. The highest BCUT2D eigenvalue weighted by Crippen LogP contribution is 2.28. The van der Waals surface area contributed by atoms with Crippen molar-refractivity contribution in [3.05, 3.63) is 18.2 Å². The van der Waals surface area contributed by atoms with Crippen molar-refractivity contribution in [1.82, 2.24) is 10.6 Å². The van der Waals surface area contributed by atoms with Gasteiger partial charge in [-0.1, -0.05) is 0 Å². The summed E-state index contributed by atoms with van der Waals surface area (Å²) in [7, 11) is 2.95. The van der Waals surface area contributed by atoms with Crippen LogP contribution in [0.15, 0.2) is 18.2 Å². The van der Waals surface area contributed by atoms with Crippen molar-refractivity contribution < 1.29 is 23.9 Å². The molecule has 0 aliphatic rings. The van der Waals surface area contributed by atoms with Gasteiger partial charge in [0.25, 0.3) is 0 Å². The van der Waals surface area contributed by atoms with Gasteiger partial charge in [0.1, 0.15) is 11.5 Å². The Bertz CT molecular complexity index is 559. The molecule has 1 aromatic rings. The molecule has 0 fully saturated rings. The highest BCUT2D eigenvalue weighted by molar-refractivity contribution is 6.39. The monoisotopic (exact) mass is 309 g/mol. The number of hydrogen-bond donors (Lipinski definition) is 3. The minimum atomic E-state index is -0.828. The SMILES string of the molecule is COc1ccc(NC(=O)C(=O)NCCNC(C)=O)c(OC)c1. The lowest BCUT2D eigenvalue weighted by atomic mass is 10.2. The molecular weight excluding hydrogens is 290 g/mol. The average Bonchev–Trinajstić information content (AvgIpc) is 2.51. The van der Waals surface area contributed by atoms with Crippen molar-refractivity contribution in [2.45, 2.75) is 6.92 Å². The Morgan fingerprint density at radius 3 is 2.27 bits per heavy atom. The summed E-state index contributed by atoms with van der Waals surface area (Å²) in [5.74, 6) is -0.899. The summed E-state index contributed by atoms with van der Waals surface area (Å²) in [5.41, 5.74) is 0.352. The number of carbonyl (C=O) groups is 3. The van der Waals surface area contributed by atoms with Crippen molar-refractivity contribution >= 4 is 23.4 Å². The van der Waals surface area contributed by atoms with E-state index in [-0.39, 0.29) is 19.0 Å². The van der Waals surface area contributed by atoms with Crippen LogP contribution in [0, 0.1) is 0 Å². The Labute approximate surface area is 128 Å². The number of rotatable bonds is 6. The third-order valence-corrected chi connectivity index (χ3v) is 2.65. The van der Waals surface area contributed by atoms with Crippen LogP contribution in [-0.2, 0) is 14.4 Å². The van der Waals surface area contributed by atoms with E-state index in [0.29, 0.717) is 17.2 Å². The van der Waals surface area contributed by atoms with E-state index >= 15 is 0 Å². The van der Waals surface area contributed by atoms with E-state index in [1.165, 1.54) is 21.1 Å². The molecule has 0 unspecified atom stereocenters. The lowest BCUT2D eigenvalue weighted by Crippen LogP contribution is -2.39. The fourth-order valence-electron chi connectivity index (χ4n) is 1.58. The van der Waals surface area contributed by atoms with Gasteiger partial charge in [-0.25, -0.2) is 0 Å². The van der Waals surface area contributed by atoms with Gasteiger partial charge in [0.2, 0.25) is 5.91 Å². The molecule has 0 bridgehead atoms. The molecule has 0 radical (unpaired) electrons. The van der Waals surface area contributed by atoms with Crippen LogP contribution in [0.1, 0.15) is 6.92 Å². The minimum Gasteiger partial charge on any atom is -0.497 e. The van der Waals surface area contributed by atoms with Gasteiger partial charge in [-0.3, -0.25) is 14.4 Å². The summed E-state index contributed by atoms with van der Waals surface area (Å²) < 4.78 is 10.2. The fourth-order valence-corrected chi connectivity index (χ4v) is 1.58. The predicted molar refractivity (Wildman–Crippen MR) is 79.9 cm³/mol. The number of anilines is 1. The Kier molecular flexibility index (Phi) is 6.68. The molecule has 8 heteroatoms. The zero-order chi connectivity index (χ0) is 16.5. The van der Waals surface area contributed by atoms with Gasteiger partial charge in [-0.05, 0) is 12.1 Å². The fraction of sp³-hybridized carbons (Fsp3) is 0.357. The maximum absolute atomic E-state index is 11.8. The van der Waals surface area contributed by atoms with Crippen LogP contribution < -0.4 is 25.4 Å². The lowest BCUT2D eigenvalue weighted by molar-refractivity contribution is -0.136. The Balaban J connectivity index is 2.57. The van der Waals surface area contributed by atoms with Crippen LogP contribution in [0.5, 0.6) is 11.5 Å². The summed E-state index contributed by atoms with van der Waals surface area (Å²) in [4.78, 5) is 34.0. The molecule has 22 heavy (non-hydrogen) atoms. The third kappa shape index (κ3) is 5.31. The molecular formula is C14H19N3O5. The zero-order valence-electron chi connectivity index (χ0n) is 12.7. The summed E-state index contributed by atoms with van der Waals surface area (Å²) in [6, 6.07) is 4.79. The summed E-state index contributed by atoms with van der Waals surface area (Å²) in [6.07, 6.45) is 0. The molecule has 3 N–H and O–H groups in total. The van der Waals surface area contributed by atoms with E-state index in [1.54, 1.807) is 18.2 Å². The van der Waals surface area contributed by atoms with Crippen molar-refractivity contribution in [1.29, 1.82) is 0 Å². The molecule has 0 spiro atoms. The van der Waals surface area contributed by atoms with Gasteiger partial charge in [-0.2, -0.15) is 0 Å². The molecule has 0 atom stereocenters. The molecule has 0 aromatic heterocycles. The van der Waals surface area contributed by atoms with E-state index in [0.717, 1.165) is 0 Å². The second-order valence-corrected chi connectivity index (χ2v) is 4.26. The summed E-state index contributed by atoms with van der Waals surface area (Å²) in [5, 5.41) is 7.33. The lowest BCUT2D eigenvalue weighted by Gasteiger charge is -2.11. The molecule has 3 amide bonds. The number of nitrogens with one attached hydrogen (secondary N) is 3. The van der Waals surface area contributed by atoms with Crippen molar-refractivity contribution in [2.75, 3.05) is 32.6 Å². The molecule has 8 nitrogen and oxygen atoms in total. The summed E-state index contributed by atoms with van der Waals surface area (Å²) in [6.45, 7) is 1.77. The Morgan fingerprint density at radius 2 is 1.68 bits per heavy atom. The van der Waals surface area contributed by atoms with Gasteiger partial charge in [0.15, 0.2) is 0 Å². The zero-order valence-corrected chi connectivity index (χ0v) is 12.7. The van der Waals surface area contributed by atoms with E-state index in [4.69, 9.17) is 9.47 Å². The molecule has 0 aliphatic heterocycles. The van der Waals surface area contributed by atoms with Crippen LogP contribution in [-0.4, -0.2) is 45.0 Å². The second-order valence-electron chi connectivity index (χ2n) is 4.26. The topological polar surface area (TPSA) is 106 Å². The van der Waals surface area contributed by atoms with Gasteiger partial charge >= 0.3 is 11.8 Å². The molecule has 1 aromatic carbocycles. The maximum atomic E-state index is 11.8. The number of carbonyl (C=O) groups excluding carboxylic acids is 3. The Morgan fingerprint density at radius 1 is 1.00 bits per heavy atom. The first-order valence-corrected chi connectivity index (χ1v) is 6.53. The molecule has 0 saturated carbocycles. The first-order chi connectivity index (χ1) is 10.5. The molecule has 0 heterocycles. The van der Waals surface area contributed by atoms with Crippen LogP contribution in [0.3, 0.4) is 0 Å². The third-order valence-electron chi connectivity index (χ3n) is 2.65. The van der Waals surface area contributed by atoms with Crippen molar-refractivity contribution in [2.24, 2.45) is 0 Å². The standard InChI is InChI=1S/C14H19N3O5/c1-9(18)15-6-7-16-13(19)14(20)17-11-5-4-10(21-2)8-12(11)22-3/h4-5,8H,6-7H2,1-3H3,(H,15,18)(H,16,19)(H,17,20). The highest BCUT2D eigenvalue weighted by Gasteiger charge is 2.15. The van der Waals surface area contributed by atoms with Crippen LogP contribution in [0.4, 0.5) is 5.69 Å². The maximum Gasteiger partial charge on any atom is 0.313 e. The molecule has 120 valence electrons. The number of benzene rings is 1. The smallest absolute Gasteiger partial charge is 0.313 e. The van der Waals surface area contributed by atoms with Crippen molar-refractivity contribution in [3.63, 3.8) is 0 Å². The van der Waals surface area contributed by atoms with Crippen LogP contribution in [0.25, 0.3) is 0 Å². The highest BCUT2D eigenvalue weighted by atomic mass is 16.5. The normalized spacial score (nSPS) is 9.59. The average molecular weight is 309 g/mol. The van der Waals surface area contributed by atoms with Gasteiger partial charge in [0, 0.05) is 26.1 Å². The van der Waals surface area contributed by atoms with Gasteiger partial charge in [0.05, 0.1) is 19.9 Å². The predicted octanol–water partition coefficient (Wildman–Crippen LogP) is -0.105.